The van der Waals surface area contributed by atoms with Gasteiger partial charge in [0.05, 0.1) is 10.6 Å². The van der Waals surface area contributed by atoms with Crippen LogP contribution < -0.4 is 9.62 Å². The van der Waals surface area contributed by atoms with Gasteiger partial charge in [-0.1, -0.05) is 48.0 Å². The van der Waals surface area contributed by atoms with Gasteiger partial charge in [-0.25, -0.2) is 12.8 Å². The Hall–Kier alpha value is -3.72. The summed E-state index contributed by atoms with van der Waals surface area (Å²) in [4.78, 5) is 28.2. The second-order valence-corrected chi connectivity index (χ2v) is 12.1. The Bertz CT molecular complexity index is 1370. The topological polar surface area (TPSA) is 86.8 Å². The Morgan fingerprint density at radius 1 is 0.947 bits per heavy atom. The molecule has 0 aromatic heterocycles. The van der Waals surface area contributed by atoms with E-state index in [0.717, 1.165) is 39.7 Å². The Kier molecular flexibility index (Phi) is 8.93. The van der Waals surface area contributed by atoms with Crippen LogP contribution in [0.1, 0.15) is 38.8 Å². The van der Waals surface area contributed by atoms with Crippen molar-refractivity contribution < 1.29 is 22.4 Å². The van der Waals surface area contributed by atoms with Gasteiger partial charge in [-0.15, -0.1) is 0 Å². The van der Waals surface area contributed by atoms with Crippen molar-refractivity contribution in [3.05, 3.63) is 95.8 Å². The first-order chi connectivity index (χ1) is 17.8. The summed E-state index contributed by atoms with van der Waals surface area (Å²) in [5.41, 5.74) is 1.55. The molecule has 0 saturated carbocycles. The van der Waals surface area contributed by atoms with Crippen LogP contribution in [0.25, 0.3) is 0 Å². The van der Waals surface area contributed by atoms with Crippen molar-refractivity contribution >= 4 is 27.5 Å². The quantitative estimate of drug-likeness (QED) is 0.429. The van der Waals surface area contributed by atoms with Gasteiger partial charge in [0.25, 0.3) is 10.0 Å². The van der Waals surface area contributed by atoms with E-state index in [1.165, 1.54) is 4.90 Å². The highest BCUT2D eigenvalue weighted by Gasteiger charge is 2.33. The summed E-state index contributed by atoms with van der Waals surface area (Å²) in [5.74, 6) is -1.49. The molecule has 202 valence electrons. The third-order valence-corrected chi connectivity index (χ3v) is 7.61. The molecule has 0 saturated heterocycles. The highest BCUT2D eigenvalue weighted by molar-refractivity contribution is 7.92. The fourth-order valence-corrected chi connectivity index (χ4v) is 5.33. The molecule has 3 rings (SSSR count). The summed E-state index contributed by atoms with van der Waals surface area (Å²) in [6, 6.07) is 19.3. The molecule has 3 aromatic rings. The maximum atomic E-state index is 13.8. The number of aryl methyl sites for hydroxylation is 1. The maximum Gasteiger partial charge on any atom is 0.264 e. The highest BCUT2D eigenvalue weighted by atomic mass is 32.2. The zero-order valence-corrected chi connectivity index (χ0v) is 23.1. The number of carbonyl (C=O) groups excluding carboxylic acids is 2. The summed E-state index contributed by atoms with van der Waals surface area (Å²) in [5, 5.41) is 2.90. The number of hydrogen-bond donors (Lipinski definition) is 1. The monoisotopic (exact) mass is 539 g/mol. The number of nitrogens with zero attached hydrogens (tertiary/aromatic N) is 2. The molecule has 1 N–H and O–H groups in total. The standard InChI is InChI=1S/C29H34FN3O4S/c1-21-10-9-11-23(18-21)19-32(22(2)28(35)31-29(3,4)5)27(34)20-33(25-12-7-6-8-13-25)38(36,37)26-16-14-24(30)15-17-26/h6-18,22H,19-20H2,1-5H3,(H,31,35)/t22-/m0/s1. The lowest BCUT2D eigenvalue weighted by molar-refractivity contribution is -0.140. The Morgan fingerprint density at radius 3 is 2.16 bits per heavy atom. The SMILES string of the molecule is Cc1cccc(CN(C(=O)CN(c2ccccc2)S(=O)(=O)c2ccc(F)cc2)[C@@H](C)C(=O)NC(C)(C)C)c1. The summed E-state index contributed by atoms with van der Waals surface area (Å²) in [6.45, 7) is 8.64. The van der Waals surface area contributed by atoms with Crippen molar-refractivity contribution in [2.24, 2.45) is 0 Å². The molecule has 0 aliphatic carbocycles. The van der Waals surface area contributed by atoms with Crippen LogP contribution in [-0.2, 0) is 26.2 Å². The van der Waals surface area contributed by atoms with Gasteiger partial charge in [0.15, 0.2) is 0 Å². The van der Waals surface area contributed by atoms with Gasteiger partial charge in [0.2, 0.25) is 11.8 Å². The average molecular weight is 540 g/mol. The lowest BCUT2D eigenvalue weighted by atomic mass is 10.1. The summed E-state index contributed by atoms with van der Waals surface area (Å²) >= 11 is 0. The third-order valence-electron chi connectivity index (χ3n) is 5.83. The van der Waals surface area contributed by atoms with Crippen LogP contribution in [0.4, 0.5) is 10.1 Å². The van der Waals surface area contributed by atoms with E-state index < -0.39 is 39.9 Å². The average Bonchev–Trinajstić information content (AvgIpc) is 2.85. The minimum Gasteiger partial charge on any atom is -0.350 e. The number of anilines is 1. The Labute approximate surface area is 224 Å². The van der Waals surface area contributed by atoms with Crippen LogP contribution in [-0.4, -0.2) is 43.3 Å². The lowest BCUT2D eigenvalue weighted by Crippen LogP contribution is -2.54. The van der Waals surface area contributed by atoms with Crippen molar-refractivity contribution in [1.82, 2.24) is 10.2 Å². The zero-order chi connectivity index (χ0) is 28.1. The molecule has 0 aliphatic rings. The van der Waals surface area contributed by atoms with E-state index in [1.807, 2.05) is 52.0 Å². The molecule has 0 unspecified atom stereocenters. The number of rotatable bonds is 9. The Morgan fingerprint density at radius 2 is 1.58 bits per heavy atom. The molecule has 9 heteroatoms. The van der Waals surface area contributed by atoms with E-state index in [4.69, 9.17) is 0 Å². The molecular weight excluding hydrogens is 505 g/mol. The first kappa shape index (κ1) is 28.8. The molecule has 0 radical (unpaired) electrons. The van der Waals surface area contributed by atoms with Gasteiger partial charge in [-0.2, -0.15) is 0 Å². The van der Waals surface area contributed by atoms with Crippen molar-refractivity contribution in [3.63, 3.8) is 0 Å². The normalized spacial score (nSPS) is 12.5. The second kappa shape index (κ2) is 11.8. The molecule has 1 atom stereocenters. The highest BCUT2D eigenvalue weighted by Crippen LogP contribution is 2.24. The molecule has 0 heterocycles. The van der Waals surface area contributed by atoms with Crippen molar-refractivity contribution in [3.8, 4) is 0 Å². The van der Waals surface area contributed by atoms with E-state index in [0.29, 0.717) is 0 Å². The molecule has 2 amide bonds. The first-order valence-corrected chi connectivity index (χ1v) is 13.7. The first-order valence-electron chi connectivity index (χ1n) is 12.3. The van der Waals surface area contributed by atoms with Gasteiger partial charge >= 0.3 is 0 Å². The minimum absolute atomic E-state index is 0.110. The van der Waals surface area contributed by atoms with Crippen molar-refractivity contribution in [2.75, 3.05) is 10.8 Å². The molecule has 0 bridgehead atoms. The van der Waals surface area contributed by atoms with Gasteiger partial charge in [-0.05, 0) is 76.6 Å². The number of hydrogen-bond acceptors (Lipinski definition) is 4. The molecule has 0 aliphatic heterocycles. The van der Waals surface area contributed by atoms with E-state index in [-0.39, 0.29) is 23.0 Å². The second-order valence-electron chi connectivity index (χ2n) is 10.2. The summed E-state index contributed by atoms with van der Waals surface area (Å²) < 4.78 is 41.8. The maximum absolute atomic E-state index is 13.8. The van der Waals surface area contributed by atoms with E-state index in [2.05, 4.69) is 5.32 Å². The van der Waals surface area contributed by atoms with Crippen LogP contribution in [0.3, 0.4) is 0 Å². The third kappa shape index (κ3) is 7.41. The molecule has 38 heavy (non-hydrogen) atoms. The lowest BCUT2D eigenvalue weighted by Gasteiger charge is -2.33. The van der Waals surface area contributed by atoms with Crippen molar-refractivity contribution in [1.29, 1.82) is 0 Å². The van der Waals surface area contributed by atoms with Crippen LogP contribution in [0.2, 0.25) is 0 Å². The largest absolute Gasteiger partial charge is 0.350 e. The number of carbonyl (C=O) groups is 2. The van der Waals surface area contributed by atoms with E-state index >= 15 is 0 Å². The number of para-hydroxylation sites is 1. The van der Waals surface area contributed by atoms with Crippen LogP contribution in [0.5, 0.6) is 0 Å². The van der Waals surface area contributed by atoms with E-state index in [1.54, 1.807) is 37.3 Å². The van der Waals surface area contributed by atoms with Gasteiger partial charge in [0, 0.05) is 12.1 Å². The van der Waals surface area contributed by atoms with E-state index in [9.17, 15) is 22.4 Å². The van der Waals surface area contributed by atoms with Crippen LogP contribution in [0, 0.1) is 12.7 Å². The fraction of sp³-hybridized carbons (Fsp3) is 0.310. The van der Waals surface area contributed by atoms with Gasteiger partial charge in [-0.3, -0.25) is 13.9 Å². The molecule has 0 spiro atoms. The molecule has 3 aromatic carbocycles. The van der Waals surface area contributed by atoms with Crippen LogP contribution in [0.15, 0.2) is 83.8 Å². The summed E-state index contributed by atoms with van der Waals surface area (Å²) in [6.07, 6.45) is 0. The fourth-order valence-electron chi connectivity index (χ4n) is 3.92. The zero-order valence-electron chi connectivity index (χ0n) is 22.3. The smallest absolute Gasteiger partial charge is 0.264 e. The number of nitrogens with one attached hydrogen (secondary N) is 1. The molecular formula is C29H34FN3O4S. The number of sulfonamides is 1. The molecule has 7 nitrogen and oxygen atoms in total. The minimum atomic E-state index is -4.24. The summed E-state index contributed by atoms with van der Waals surface area (Å²) in [7, 11) is -4.24. The van der Waals surface area contributed by atoms with Crippen LogP contribution >= 0.6 is 0 Å². The van der Waals surface area contributed by atoms with Gasteiger partial charge < -0.3 is 10.2 Å². The predicted molar refractivity (Wildman–Crippen MR) is 146 cm³/mol. The van der Waals surface area contributed by atoms with Crippen molar-refractivity contribution in [2.45, 2.75) is 57.6 Å². The van der Waals surface area contributed by atoms with Gasteiger partial charge in [0.1, 0.15) is 18.4 Å². The number of benzene rings is 3. The molecule has 0 fully saturated rings. The predicted octanol–water partition coefficient (Wildman–Crippen LogP) is 4.66. The number of amides is 2. The number of halogens is 1. The Balaban J connectivity index is 2.01.